The van der Waals surface area contributed by atoms with Crippen LogP contribution in [0, 0.1) is 17.2 Å². The van der Waals surface area contributed by atoms with Gasteiger partial charge >= 0.3 is 0 Å². The van der Waals surface area contributed by atoms with Crippen LogP contribution in [0.3, 0.4) is 0 Å². The topological polar surface area (TPSA) is 55.1 Å². The molecule has 0 aliphatic carbocycles. The zero-order chi connectivity index (χ0) is 10.7. The summed E-state index contributed by atoms with van der Waals surface area (Å²) in [5.74, 6) is 0.828. The fourth-order valence-corrected chi connectivity index (χ4v) is 1.53. The van der Waals surface area contributed by atoms with Crippen molar-refractivity contribution in [3.05, 3.63) is 22.3 Å². The highest BCUT2D eigenvalue weighted by molar-refractivity contribution is 9.10. The average Bonchev–Trinajstić information content (AvgIpc) is 2.17. The summed E-state index contributed by atoms with van der Waals surface area (Å²) in [6.45, 7) is 2.03. The van der Waals surface area contributed by atoms with Crippen LogP contribution in [0.5, 0.6) is 5.88 Å². The summed E-state index contributed by atoms with van der Waals surface area (Å²) < 4.78 is 11.3. The van der Waals surface area contributed by atoms with Crippen molar-refractivity contribution in [2.75, 3.05) is 19.8 Å². The summed E-state index contributed by atoms with van der Waals surface area (Å²) in [5, 5.41) is 8.86. The molecule has 1 fully saturated rings. The van der Waals surface area contributed by atoms with Gasteiger partial charge in [0.05, 0.1) is 19.8 Å². The second-order valence-electron chi connectivity index (χ2n) is 3.33. The summed E-state index contributed by atoms with van der Waals surface area (Å²) in [6, 6.07) is 3.74. The lowest BCUT2D eigenvalue weighted by Crippen LogP contribution is -2.32. The Morgan fingerprint density at radius 3 is 3.07 bits per heavy atom. The van der Waals surface area contributed by atoms with Crippen LogP contribution < -0.4 is 4.74 Å². The first kappa shape index (κ1) is 10.4. The molecule has 78 valence electrons. The number of halogens is 1. The van der Waals surface area contributed by atoms with Gasteiger partial charge in [-0.25, -0.2) is 4.98 Å². The van der Waals surface area contributed by atoms with E-state index in [4.69, 9.17) is 14.7 Å². The number of aromatic nitrogens is 1. The minimum absolute atomic E-state index is 0.396. The third-order valence-corrected chi connectivity index (χ3v) is 2.53. The lowest BCUT2D eigenvalue weighted by molar-refractivity contribution is -0.0514. The van der Waals surface area contributed by atoms with Gasteiger partial charge in [-0.15, -0.1) is 0 Å². The van der Waals surface area contributed by atoms with Crippen molar-refractivity contribution >= 4 is 15.9 Å². The predicted molar refractivity (Wildman–Crippen MR) is 56.5 cm³/mol. The molecule has 0 aromatic carbocycles. The largest absolute Gasteiger partial charge is 0.476 e. The van der Waals surface area contributed by atoms with Crippen LogP contribution in [0.4, 0.5) is 0 Å². The SMILES string of the molecule is N#Cc1cc(Br)cnc1OCC1COC1. The Hall–Kier alpha value is -1.12. The normalized spacial score (nSPS) is 15.5. The number of ether oxygens (including phenoxy) is 2. The van der Waals surface area contributed by atoms with Crippen LogP contribution in [0.2, 0.25) is 0 Å². The Balaban J connectivity index is 2.03. The van der Waals surface area contributed by atoms with Gasteiger partial charge in [-0.05, 0) is 22.0 Å². The summed E-state index contributed by atoms with van der Waals surface area (Å²) in [7, 11) is 0. The molecule has 15 heavy (non-hydrogen) atoms. The van der Waals surface area contributed by atoms with Crippen molar-refractivity contribution < 1.29 is 9.47 Å². The maximum Gasteiger partial charge on any atom is 0.231 e. The van der Waals surface area contributed by atoms with Gasteiger partial charge in [0.15, 0.2) is 0 Å². The smallest absolute Gasteiger partial charge is 0.231 e. The Labute approximate surface area is 96.0 Å². The molecular formula is C10H9BrN2O2. The first-order chi connectivity index (χ1) is 7.29. The number of rotatable bonds is 3. The molecule has 0 spiro atoms. The van der Waals surface area contributed by atoms with E-state index in [-0.39, 0.29) is 0 Å². The highest BCUT2D eigenvalue weighted by atomic mass is 79.9. The van der Waals surface area contributed by atoms with E-state index in [2.05, 4.69) is 20.9 Å². The van der Waals surface area contributed by atoms with Gasteiger partial charge in [0.25, 0.3) is 0 Å². The molecule has 0 bridgehead atoms. The molecule has 0 unspecified atom stereocenters. The van der Waals surface area contributed by atoms with Gasteiger partial charge in [0.1, 0.15) is 11.6 Å². The van der Waals surface area contributed by atoms with Crippen LogP contribution in [0.15, 0.2) is 16.7 Å². The van der Waals surface area contributed by atoms with Crippen LogP contribution >= 0.6 is 15.9 Å². The van der Waals surface area contributed by atoms with Gasteiger partial charge < -0.3 is 9.47 Å². The molecule has 2 heterocycles. The number of hydrogen-bond acceptors (Lipinski definition) is 4. The predicted octanol–water partition coefficient (Wildman–Crippen LogP) is 1.74. The molecule has 1 aliphatic rings. The molecule has 1 aromatic heterocycles. The zero-order valence-corrected chi connectivity index (χ0v) is 9.53. The fraction of sp³-hybridized carbons (Fsp3) is 0.400. The molecule has 1 aromatic rings. The molecular weight excluding hydrogens is 260 g/mol. The highest BCUT2D eigenvalue weighted by Gasteiger charge is 2.19. The van der Waals surface area contributed by atoms with E-state index < -0.39 is 0 Å². The van der Waals surface area contributed by atoms with Crippen molar-refractivity contribution in [3.8, 4) is 11.9 Å². The molecule has 4 nitrogen and oxygen atoms in total. The standard InChI is InChI=1S/C10H9BrN2O2/c11-9-1-8(2-12)10(13-3-9)15-6-7-4-14-5-7/h1,3,7H,4-6H2. The number of nitriles is 1. The minimum atomic E-state index is 0.396. The Morgan fingerprint density at radius 2 is 2.47 bits per heavy atom. The molecule has 2 rings (SSSR count). The molecule has 0 radical (unpaired) electrons. The van der Waals surface area contributed by atoms with Crippen LogP contribution in [0.25, 0.3) is 0 Å². The molecule has 0 N–H and O–H groups in total. The number of hydrogen-bond donors (Lipinski definition) is 0. The maximum absolute atomic E-state index is 8.86. The third-order valence-electron chi connectivity index (χ3n) is 2.10. The summed E-state index contributed by atoms with van der Waals surface area (Å²) in [6.07, 6.45) is 1.62. The number of pyridine rings is 1. The van der Waals surface area contributed by atoms with Gasteiger partial charge in [-0.3, -0.25) is 0 Å². The summed E-state index contributed by atoms with van der Waals surface area (Å²) in [4.78, 5) is 4.05. The highest BCUT2D eigenvalue weighted by Crippen LogP contribution is 2.20. The lowest BCUT2D eigenvalue weighted by atomic mass is 10.1. The second kappa shape index (κ2) is 4.60. The first-order valence-corrected chi connectivity index (χ1v) is 5.35. The van der Waals surface area contributed by atoms with Crippen molar-refractivity contribution in [2.24, 2.45) is 5.92 Å². The van der Waals surface area contributed by atoms with Crippen molar-refractivity contribution in [3.63, 3.8) is 0 Å². The van der Waals surface area contributed by atoms with E-state index in [1.54, 1.807) is 12.3 Å². The van der Waals surface area contributed by atoms with E-state index in [9.17, 15) is 0 Å². The van der Waals surface area contributed by atoms with Crippen LogP contribution in [0.1, 0.15) is 5.56 Å². The second-order valence-corrected chi connectivity index (χ2v) is 4.25. The summed E-state index contributed by atoms with van der Waals surface area (Å²) >= 11 is 3.25. The Morgan fingerprint density at radius 1 is 1.67 bits per heavy atom. The molecule has 5 heteroatoms. The monoisotopic (exact) mass is 268 g/mol. The Kier molecular flexibility index (Phi) is 3.19. The van der Waals surface area contributed by atoms with Gasteiger partial charge in [-0.1, -0.05) is 0 Å². The molecule has 1 aliphatic heterocycles. The number of nitrogens with zero attached hydrogens (tertiary/aromatic N) is 2. The maximum atomic E-state index is 8.86. The molecule has 0 saturated carbocycles. The van der Waals surface area contributed by atoms with E-state index in [1.165, 1.54) is 0 Å². The zero-order valence-electron chi connectivity index (χ0n) is 7.94. The van der Waals surface area contributed by atoms with Crippen molar-refractivity contribution in [2.45, 2.75) is 0 Å². The van der Waals surface area contributed by atoms with E-state index in [0.717, 1.165) is 17.7 Å². The Bertz CT molecular complexity index is 399. The van der Waals surface area contributed by atoms with Crippen molar-refractivity contribution in [1.29, 1.82) is 5.26 Å². The fourth-order valence-electron chi connectivity index (χ4n) is 1.20. The van der Waals surface area contributed by atoms with Crippen molar-refractivity contribution in [1.82, 2.24) is 4.98 Å². The van der Waals surface area contributed by atoms with Gasteiger partial charge in [-0.2, -0.15) is 5.26 Å². The van der Waals surface area contributed by atoms with E-state index in [1.807, 2.05) is 6.07 Å². The quantitative estimate of drug-likeness (QED) is 0.838. The minimum Gasteiger partial charge on any atom is -0.476 e. The van der Waals surface area contributed by atoms with Gasteiger partial charge in [0.2, 0.25) is 5.88 Å². The molecule has 0 amide bonds. The van der Waals surface area contributed by atoms with Gasteiger partial charge in [0, 0.05) is 16.6 Å². The van der Waals surface area contributed by atoms with Crippen LogP contribution in [-0.4, -0.2) is 24.8 Å². The lowest BCUT2D eigenvalue weighted by Gasteiger charge is -2.25. The van der Waals surface area contributed by atoms with Crippen LogP contribution in [-0.2, 0) is 4.74 Å². The van der Waals surface area contributed by atoms with E-state index in [0.29, 0.717) is 24.0 Å². The third kappa shape index (κ3) is 2.46. The molecule has 0 atom stereocenters. The summed E-state index contributed by atoms with van der Waals surface area (Å²) in [5.41, 5.74) is 0.449. The average molecular weight is 269 g/mol. The van der Waals surface area contributed by atoms with E-state index >= 15 is 0 Å². The first-order valence-electron chi connectivity index (χ1n) is 4.56. The molecule has 1 saturated heterocycles.